The van der Waals surface area contributed by atoms with Gasteiger partial charge < -0.3 is 25.2 Å². The molecule has 0 spiro atoms. The van der Waals surface area contributed by atoms with Crippen molar-refractivity contribution in [1.29, 1.82) is 0 Å². The van der Waals surface area contributed by atoms with Crippen molar-refractivity contribution in [3.8, 4) is 0 Å². The van der Waals surface area contributed by atoms with Gasteiger partial charge in [-0.3, -0.25) is 18.5 Å². The second-order valence-corrected chi connectivity index (χ2v) is 5.75. The SMILES string of the molecule is Cn1c(=O)c2ncn([C@@H]3O[C@H](CO)[C@@H](O)[C@H](O)[C@H]3O)c2n(C)c1=O. The minimum atomic E-state index is -1.58. The molecular weight excluding hydrogens is 324 g/mol. The summed E-state index contributed by atoms with van der Waals surface area (Å²) in [6.45, 7) is -0.589. The van der Waals surface area contributed by atoms with Crippen LogP contribution in [0.4, 0.5) is 0 Å². The Hall–Kier alpha value is -2.05. The predicted octanol–water partition coefficient (Wildman–Crippen LogP) is -3.59. The van der Waals surface area contributed by atoms with E-state index in [1.807, 2.05) is 0 Å². The van der Waals surface area contributed by atoms with Crippen LogP contribution in [0.1, 0.15) is 6.23 Å². The molecule has 11 nitrogen and oxygen atoms in total. The minimum Gasteiger partial charge on any atom is -0.394 e. The smallest absolute Gasteiger partial charge is 0.332 e. The number of aliphatic hydroxyl groups excluding tert-OH is 4. The third kappa shape index (κ3) is 2.21. The molecule has 4 N–H and O–H groups in total. The van der Waals surface area contributed by atoms with Crippen LogP contribution in [0.15, 0.2) is 15.9 Å². The normalized spacial score (nSPS) is 30.8. The Labute approximate surface area is 134 Å². The molecule has 3 rings (SSSR count). The van der Waals surface area contributed by atoms with E-state index in [0.717, 1.165) is 9.13 Å². The summed E-state index contributed by atoms with van der Waals surface area (Å²) in [7, 11) is 2.74. The maximum absolute atomic E-state index is 12.2. The van der Waals surface area contributed by atoms with Crippen LogP contribution in [-0.4, -0.2) is 70.1 Å². The molecule has 0 bridgehead atoms. The Kier molecular flexibility index (Phi) is 4.05. The standard InChI is InChI=1S/C13H18N4O7/c1-15-10-6(11(22)16(2)13(15)23)14-4-17(10)12-9(21)8(20)7(19)5(3-18)24-12/h4-5,7-9,12,18-21H,3H2,1-2H3/t5-,7-,8+,9-,12-/m1/s1. The molecule has 132 valence electrons. The number of fused-ring (bicyclic) bond motifs is 1. The van der Waals surface area contributed by atoms with Crippen molar-refractivity contribution < 1.29 is 25.2 Å². The van der Waals surface area contributed by atoms with Crippen LogP contribution in [0.3, 0.4) is 0 Å². The number of nitrogens with zero attached hydrogens (tertiary/aromatic N) is 4. The minimum absolute atomic E-state index is 0.0171. The highest BCUT2D eigenvalue weighted by atomic mass is 16.6. The van der Waals surface area contributed by atoms with Crippen molar-refractivity contribution in [3.63, 3.8) is 0 Å². The lowest BCUT2D eigenvalue weighted by atomic mass is 9.98. The van der Waals surface area contributed by atoms with Crippen molar-refractivity contribution in [2.24, 2.45) is 14.1 Å². The molecule has 1 aliphatic rings. The second-order valence-electron chi connectivity index (χ2n) is 5.75. The maximum atomic E-state index is 12.2. The van der Waals surface area contributed by atoms with Crippen molar-refractivity contribution in [2.75, 3.05) is 6.61 Å². The van der Waals surface area contributed by atoms with Crippen molar-refractivity contribution >= 4 is 11.2 Å². The van der Waals surface area contributed by atoms with Gasteiger partial charge in [-0.25, -0.2) is 9.78 Å². The highest BCUT2D eigenvalue weighted by Crippen LogP contribution is 2.29. The number of rotatable bonds is 2. The summed E-state index contributed by atoms with van der Waals surface area (Å²) in [4.78, 5) is 28.2. The van der Waals surface area contributed by atoms with E-state index < -0.39 is 48.5 Å². The molecule has 2 aromatic heterocycles. The quantitative estimate of drug-likeness (QED) is 0.437. The number of hydrogen-bond acceptors (Lipinski definition) is 8. The first-order valence-corrected chi connectivity index (χ1v) is 7.22. The maximum Gasteiger partial charge on any atom is 0.332 e. The van der Waals surface area contributed by atoms with E-state index in [9.17, 15) is 30.0 Å². The average Bonchev–Trinajstić information content (AvgIpc) is 3.01. The molecule has 0 aliphatic carbocycles. The van der Waals surface area contributed by atoms with Gasteiger partial charge in [-0.05, 0) is 0 Å². The zero-order valence-corrected chi connectivity index (χ0v) is 13.0. The fourth-order valence-electron chi connectivity index (χ4n) is 2.90. The average molecular weight is 342 g/mol. The van der Waals surface area contributed by atoms with Crippen LogP contribution in [-0.2, 0) is 18.8 Å². The summed E-state index contributed by atoms with van der Waals surface area (Å²) in [6.07, 6.45) is -5.81. The van der Waals surface area contributed by atoms with E-state index in [1.165, 1.54) is 25.0 Å². The molecule has 0 saturated carbocycles. The lowest BCUT2D eigenvalue weighted by Gasteiger charge is -2.40. The van der Waals surface area contributed by atoms with Gasteiger partial charge in [0.1, 0.15) is 24.4 Å². The third-order valence-electron chi connectivity index (χ3n) is 4.31. The number of imidazole rings is 1. The van der Waals surface area contributed by atoms with Gasteiger partial charge in [0.2, 0.25) is 0 Å². The monoisotopic (exact) mass is 342 g/mol. The molecule has 1 fully saturated rings. The van der Waals surface area contributed by atoms with Gasteiger partial charge in [-0.1, -0.05) is 0 Å². The van der Waals surface area contributed by atoms with Crippen LogP contribution >= 0.6 is 0 Å². The van der Waals surface area contributed by atoms with E-state index in [-0.39, 0.29) is 11.2 Å². The van der Waals surface area contributed by atoms with Gasteiger partial charge in [0.05, 0.1) is 12.9 Å². The summed E-state index contributed by atoms with van der Waals surface area (Å²) in [5, 5.41) is 39.2. The molecule has 11 heteroatoms. The van der Waals surface area contributed by atoms with Gasteiger partial charge in [0.15, 0.2) is 17.4 Å². The van der Waals surface area contributed by atoms with Gasteiger partial charge in [-0.2, -0.15) is 0 Å². The number of aryl methyl sites for hydroxylation is 1. The van der Waals surface area contributed by atoms with E-state index in [4.69, 9.17) is 4.74 Å². The zero-order valence-electron chi connectivity index (χ0n) is 13.0. The van der Waals surface area contributed by atoms with E-state index in [2.05, 4.69) is 4.98 Å². The third-order valence-corrected chi connectivity index (χ3v) is 4.31. The van der Waals surface area contributed by atoms with E-state index in [0.29, 0.717) is 0 Å². The molecule has 5 atom stereocenters. The topological polar surface area (TPSA) is 152 Å². The van der Waals surface area contributed by atoms with E-state index >= 15 is 0 Å². The van der Waals surface area contributed by atoms with E-state index in [1.54, 1.807) is 0 Å². The molecule has 0 radical (unpaired) electrons. The van der Waals surface area contributed by atoms with Crippen molar-refractivity contribution in [3.05, 3.63) is 27.2 Å². The van der Waals surface area contributed by atoms with Gasteiger partial charge >= 0.3 is 5.69 Å². The molecule has 1 saturated heterocycles. The summed E-state index contributed by atoms with van der Waals surface area (Å²) >= 11 is 0. The van der Waals surface area contributed by atoms with Gasteiger partial charge in [0, 0.05) is 14.1 Å². The molecule has 0 unspecified atom stereocenters. The Morgan fingerprint density at radius 3 is 2.42 bits per heavy atom. The largest absolute Gasteiger partial charge is 0.394 e. The number of ether oxygens (including phenoxy) is 1. The fourth-order valence-corrected chi connectivity index (χ4v) is 2.90. The number of hydrogen-bond donors (Lipinski definition) is 4. The number of aliphatic hydroxyl groups is 4. The Morgan fingerprint density at radius 2 is 1.79 bits per heavy atom. The molecule has 2 aromatic rings. The van der Waals surface area contributed by atoms with Crippen LogP contribution in [0.2, 0.25) is 0 Å². The second kappa shape index (κ2) is 5.79. The van der Waals surface area contributed by atoms with Crippen LogP contribution in [0.5, 0.6) is 0 Å². The van der Waals surface area contributed by atoms with Crippen LogP contribution < -0.4 is 11.2 Å². The predicted molar refractivity (Wildman–Crippen MR) is 79.2 cm³/mol. The molecule has 0 amide bonds. The Balaban J connectivity index is 2.20. The lowest BCUT2D eigenvalue weighted by molar-refractivity contribution is -0.250. The first-order valence-electron chi connectivity index (χ1n) is 7.22. The van der Waals surface area contributed by atoms with Gasteiger partial charge in [0.25, 0.3) is 5.56 Å². The molecular formula is C13H18N4O7. The zero-order chi connectivity index (χ0) is 17.8. The highest BCUT2D eigenvalue weighted by Gasteiger charge is 2.44. The first kappa shape index (κ1) is 16.8. The highest BCUT2D eigenvalue weighted by molar-refractivity contribution is 5.70. The molecule has 24 heavy (non-hydrogen) atoms. The first-order chi connectivity index (χ1) is 11.3. The summed E-state index contributed by atoms with van der Waals surface area (Å²) in [6, 6.07) is 0. The van der Waals surface area contributed by atoms with Gasteiger partial charge in [-0.15, -0.1) is 0 Å². The lowest BCUT2D eigenvalue weighted by Crippen LogP contribution is -2.56. The van der Waals surface area contributed by atoms with Crippen molar-refractivity contribution in [2.45, 2.75) is 30.6 Å². The summed E-state index contributed by atoms with van der Waals surface area (Å²) in [5.74, 6) is 0. The van der Waals surface area contributed by atoms with Crippen molar-refractivity contribution in [1.82, 2.24) is 18.7 Å². The molecule has 0 aromatic carbocycles. The fraction of sp³-hybridized carbons (Fsp3) is 0.615. The van der Waals surface area contributed by atoms with Crippen LogP contribution in [0.25, 0.3) is 11.2 Å². The Morgan fingerprint density at radius 1 is 1.12 bits per heavy atom. The summed E-state index contributed by atoms with van der Waals surface area (Å²) in [5.41, 5.74) is -1.14. The number of aromatic nitrogens is 4. The van der Waals surface area contributed by atoms with Crippen LogP contribution in [0, 0.1) is 0 Å². The summed E-state index contributed by atoms with van der Waals surface area (Å²) < 4.78 is 8.71. The molecule has 1 aliphatic heterocycles. The molecule has 3 heterocycles. The Bertz CT molecular complexity index is 883.